The summed E-state index contributed by atoms with van der Waals surface area (Å²) in [5, 5.41) is 16.6. The number of nitro groups is 1. The number of amides is 1. The number of nitro benzene ring substituents is 1. The van der Waals surface area contributed by atoms with E-state index in [1.807, 2.05) is 0 Å². The molecule has 1 aliphatic heterocycles. The van der Waals surface area contributed by atoms with E-state index >= 15 is 0 Å². The molecule has 0 bridgehead atoms. The Bertz CT molecular complexity index is 593. The Morgan fingerprint density at radius 1 is 1.43 bits per heavy atom. The van der Waals surface area contributed by atoms with Gasteiger partial charge in [0.1, 0.15) is 0 Å². The van der Waals surface area contributed by atoms with Crippen LogP contribution >= 0.6 is 0 Å². The van der Waals surface area contributed by atoms with Gasteiger partial charge >= 0.3 is 5.69 Å². The molecule has 2 fully saturated rings. The molecule has 1 saturated heterocycles. The van der Waals surface area contributed by atoms with E-state index in [1.165, 1.54) is 6.07 Å². The van der Waals surface area contributed by atoms with Crippen molar-refractivity contribution in [3.8, 4) is 0 Å². The van der Waals surface area contributed by atoms with Crippen molar-refractivity contribution in [1.82, 2.24) is 5.32 Å². The maximum Gasteiger partial charge on any atom is 0.306 e. The Labute approximate surface area is 120 Å². The third-order valence-corrected chi connectivity index (χ3v) is 4.44. The average molecular weight is 293 g/mol. The Balaban J connectivity index is 1.73. The van der Waals surface area contributed by atoms with Crippen molar-refractivity contribution < 1.29 is 14.1 Å². The first-order valence-electron chi connectivity index (χ1n) is 7.04. The van der Waals surface area contributed by atoms with E-state index in [4.69, 9.17) is 0 Å². The van der Waals surface area contributed by atoms with Crippen LogP contribution in [-0.2, 0) is 4.79 Å². The molecule has 1 aromatic carbocycles. The molecule has 3 unspecified atom stereocenters. The van der Waals surface area contributed by atoms with Crippen molar-refractivity contribution in [3.63, 3.8) is 0 Å². The van der Waals surface area contributed by atoms with Crippen molar-refractivity contribution in [1.29, 1.82) is 0 Å². The summed E-state index contributed by atoms with van der Waals surface area (Å²) in [5.41, 5.74) is -0.387. The van der Waals surface area contributed by atoms with Gasteiger partial charge in [0.05, 0.1) is 11.0 Å². The van der Waals surface area contributed by atoms with E-state index in [0.717, 1.165) is 37.9 Å². The fraction of sp³-hybridized carbons (Fsp3) is 0.500. The molecule has 3 atom stereocenters. The maximum atomic E-state index is 13.3. The number of hydrogen-bond donors (Lipinski definition) is 2. The van der Waals surface area contributed by atoms with Crippen molar-refractivity contribution in [3.05, 3.63) is 34.1 Å². The lowest BCUT2D eigenvalue weighted by atomic mass is 9.93. The van der Waals surface area contributed by atoms with Crippen LogP contribution in [0.2, 0.25) is 0 Å². The van der Waals surface area contributed by atoms with Crippen LogP contribution in [0.3, 0.4) is 0 Å². The molecule has 7 heteroatoms. The predicted molar refractivity (Wildman–Crippen MR) is 74.3 cm³/mol. The lowest BCUT2D eigenvalue weighted by Gasteiger charge is -2.17. The standard InChI is InChI=1S/C14H16FN3O3/c15-11-5-4-9(6-12(11)18(20)21)17-14(19)13-10-3-1-2-8(10)7-16-13/h4-6,8,10,13,16H,1-3,7H2,(H,17,19). The number of anilines is 1. The van der Waals surface area contributed by atoms with E-state index in [0.29, 0.717) is 11.8 Å². The zero-order valence-electron chi connectivity index (χ0n) is 11.3. The van der Waals surface area contributed by atoms with Gasteiger partial charge < -0.3 is 10.6 Å². The third kappa shape index (κ3) is 2.61. The second-order valence-electron chi connectivity index (χ2n) is 5.65. The molecule has 3 rings (SSSR count). The summed E-state index contributed by atoms with van der Waals surface area (Å²) in [6.45, 7) is 0.840. The SMILES string of the molecule is O=C(Nc1ccc(F)c([N+](=O)[O-])c1)C1NCC2CCCC21. The first kappa shape index (κ1) is 13.9. The van der Waals surface area contributed by atoms with Crippen molar-refractivity contribution >= 4 is 17.3 Å². The second-order valence-corrected chi connectivity index (χ2v) is 5.65. The van der Waals surface area contributed by atoms with Gasteiger partial charge in [0, 0.05) is 11.8 Å². The van der Waals surface area contributed by atoms with Gasteiger partial charge in [0.25, 0.3) is 0 Å². The number of benzene rings is 1. The van der Waals surface area contributed by atoms with Crippen molar-refractivity contribution in [2.24, 2.45) is 11.8 Å². The minimum Gasteiger partial charge on any atom is -0.324 e. The van der Waals surface area contributed by atoms with Crippen LogP contribution < -0.4 is 10.6 Å². The third-order valence-electron chi connectivity index (χ3n) is 4.44. The molecule has 21 heavy (non-hydrogen) atoms. The maximum absolute atomic E-state index is 13.3. The molecular weight excluding hydrogens is 277 g/mol. The molecule has 6 nitrogen and oxygen atoms in total. The predicted octanol–water partition coefficient (Wildman–Crippen LogP) is 2.06. The van der Waals surface area contributed by atoms with Gasteiger partial charge in [-0.25, -0.2) is 0 Å². The number of nitrogens with one attached hydrogen (secondary N) is 2. The van der Waals surface area contributed by atoms with Crippen LogP contribution in [0.1, 0.15) is 19.3 Å². The summed E-state index contributed by atoms with van der Waals surface area (Å²) in [7, 11) is 0. The summed E-state index contributed by atoms with van der Waals surface area (Å²) in [6, 6.07) is 3.12. The highest BCUT2D eigenvalue weighted by Crippen LogP contribution is 2.38. The van der Waals surface area contributed by atoms with Crippen LogP contribution in [0.25, 0.3) is 0 Å². The highest BCUT2D eigenvalue weighted by molar-refractivity contribution is 5.95. The van der Waals surface area contributed by atoms with Gasteiger partial charge in [0.2, 0.25) is 11.7 Å². The van der Waals surface area contributed by atoms with Gasteiger partial charge in [-0.2, -0.15) is 4.39 Å². The fourth-order valence-corrected chi connectivity index (χ4v) is 3.42. The van der Waals surface area contributed by atoms with E-state index in [1.54, 1.807) is 0 Å². The van der Waals surface area contributed by atoms with E-state index < -0.39 is 16.4 Å². The molecule has 1 heterocycles. The average Bonchev–Trinajstić information content (AvgIpc) is 3.02. The molecule has 112 valence electrons. The fourth-order valence-electron chi connectivity index (χ4n) is 3.42. The summed E-state index contributed by atoms with van der Waals surface area (Å²) in [4.78, 5) is 22.2. The highest BCUT2D eigenvalue weighted by atomic mass is 19.1. The zero-order chi connectivity index (χ0) is 15.0. The van der Waals surface area contributed by atoms with Crippen LogP contribution in [0, 0.1) is 27.8 Å². The molecule has 2 aliphatic rings. The first-order chi connectivity index (χ1) is 10.1. The normalized spacial score (nSPS) is 27.4. The number of nitrogens with zero attached hydrogens (tertiary/aromatic N) is 1. The van der Waals surface area contributed by atoms with E-state index in [2.05, 4.69) is 10.6 Å². The van der Waals surface area contributed by atoms with E-state index in [-0.39, 0.29) is 17.6 Å². The quantitative estimate of drug-likeness (QED) is 0.660. The molecule has 1 saturated carbocycles. The minimum absolute atomic E-state index is 0.203. The molecule has 0 spiro atoms. The summed E-state index contributed by atoms with van der Waals surface area (Å²) >= 11 is 0. The topological polar surface area (TPSA) is 84.3 Å². The molecular formula is C14H16FN3O3. The molecule has 0 radical (unpaired) electrons. The zero-order valence-corrected chi connectivity index (χ0v) is 11.3. The van der Waals surface area contributed by atoms with Crippen LogP contribution in [-0.4, -0.2) is 23.4 Å². The molecule has 2 N–H and O–H groups in total. The lowest BCUT2D eigenvalue weighted by molar-refractivity contribution is -0.387. The van der Waals surface area contributed by atoms with Gasteiger partial charge in [-0.15, -0.1) is 0 Å². The van der Waals surface area contributed by atoms with E-state index in [9.17, 15) is 19.3 Å². The number of hydrogen-bond acceptors (Lipinski definition) is 4. The van der Waals surface area contributed by atoms with Gasteiger partial charge in [-0.1, -0.05) is 6.42 Å². The van der Waals surface area contributed by atoms with Gasteiger partial charge in [-0.05, 0) is 43.4 Å². The number of fused-ring (bicyclic) bond motifs is 1. The Morgan fingerprint density at radius 3 is 3.00 bits per heavy atom. The lowest BCUT2D eigenvalue weighted by Crippen LogP contribution is -2.39. The Hall–Kier alpha value is -2.02. The van der Waals surface area contributed by atoms with Gasteiger partial charge in [-0.3, -0.25) is 14.9 Å². The van der Waals surface area contributed by atoms with Crippen LogP contribution in [0.5, 0.6) is 0 Å². The Morgan fingerprint density at radius 2 is 2.24 bits per heavy atom. The molecule has 1 amide bonds. The number of rotatable bonds is 3. The number of halogens is 1. The summed E-state index contributed by atoms with van der Waals surface area (Å²) in [5.74, 6) is -0.234. The highest BCUT2D eigenvalue weighted by Gasteiger charge is 2.42. The summed E-state index contributed by atoms with van der Waals surface area (Å²) < 4.78 is 13.3. The number of carbonyl (C=O) groups excluding carboxylic acids is 1. The first-order valence-corrected chi connectivity index (χ1v) is 7.04. The molecule has 1 aromatic rings. The summed E-state index contributed by atoms with van der Waals surface area (Å²) in [6.07, 6.45) is 3.31. The molecule has 0 aromatic heterocycles. The second kappa shape index (κ2) is 5.40. The molecule has 1 aliphatic carbocycles. The minimum atomic E-state index is -0.909. The smallest absolute Gasteiger partial charge is 0.306 e. The van der Waals surface area contributed by atoms with Crippen LogP contribution in [0.15, 0.2) is 18.2 Å². The van der Waals surface area contributed by atoms with Crippen molar-refractivity contribution in [2.75, 3.05) is 11.9 Å². The monoisotopic (exact) mass is 293 g/mol. The Kier molecular flexibility index (Phi) is 3.59. The number of carbonyl (C=O) groups is 1. The van der Waals surface area contributed by atoms with Crippen molar-refractivity contribution in [2.45, 2.75) is 25.3 Å². The van der Waals surface area contributed by atoms with Gasteiger partial charge in [0.15, 0.2) is 0 Å². The largest absolute Gasteiger partial charge is 0.324 e. The van der Waals surface area contributed by atoms with Crippen LogP contribution in [0.4, 0.5) is 15.8 Å².